The number of hydrogen-bond donors (Lipinski definition) is 2. The van der Waals surface area contributed by atoms with Gasteiger partial charge in [0.05, 0.1) is 5.39 Å². The quantitative estimate of drug-likeness (QED) is 0.646. The molecule has 4 heteroatoms. The Balaban J connectivity index is 2.26. The lowest BCUT2D eigenvalue weighted by Gasteiger charge is -1.99. The van der Waals surface area contributed by atoms with Crippen LogP contribution in [0, 0.1) is 0 Å². The lowest BCUT2D eigenvalue weighted by Crippen LogP contribution is -1.97. The minimum absolute atomic E-state index is 0.139. The molecule has 78 valence electrons. The highest BCUT2D eigenvalue weighted by atomic mass is 16.1. The number of aromatic amines is 2. The van der Waals surface area contributed by atoms with E-state index in [2.05, 4.69) is 15.2 Å². The van der Waals surface area contributed by atoms with E-state index in [4.69, 9.17) is 0 Å². The Morgan fingerprint density at radius 2 is 1.81 bits per heavy atom. The second kappa shape index (κ2) is 3.34. The third-order valence-electron chi connectivity index (χ3n) is 2.53. The van der Waals surface area contributed by atoms with E-state index in [0.29, 0.717) is 11.0 Å². The molecule has 16 heavy (non-hydrogen) atoms. The van der Waals surface area contributed by atoms with Gasteiger partial charge in [-0.1, -0.05) is 30.3 Å². The van der Waals surface area contributed by atoms with Crippen LogP contribution >= 0.6 is 0 Å². The molecule has 3 aromatic rings. The molecule has 0 atom stereocenters. The molecule has 0 saturated heterocycles. The number of hydrogen-bond acceptors (Lipinski definition) is 2. The lowest BCUT2D eigenvalue weighted by molar-refractivity contribution is 1.06. The summed E-state index contributed by atoms with van der Waals surface area (Å²) in [6.45, 7) is 0. The van der Waals surface area contributed by atoms with Crippen molar-refractivity contribution >= 4 is 11.0 Å². The topological polar surface area (TPSA) is 61.5 Å². The maximum Gasteiger partial charge on any atom is 0.273 e. The molecular weight excluding hydrogens is 202 g/mol. The second-order valence-corrected chi connectivity index (χ2v) is 3.57. The molecule has 2 N–H and O–H groups in total. The first kappa shape index (κ1) is 8.91. The van der Waals surface area contributed by atoms with Gasteiger partial charge in [0.15, 0.2) is 5.65 Å². The van der Waals surface area contributed by atoms with Crippen LogP contribution in [0.4, 0.5) is 0 Å². The van der Waals surface area contributed by atoms with E-state index in [0.717, 1.165) is 11.1 Å². The van der Waals surface area contributed by atoms with Crippen LogP contribution in [-0.2, 0) is 0 Å². The molecule has 1 aromatic carbocycles. The van der Waals surface area contributed by atoms with E-state index in [1.54, 1.807) is 6.20 Å². The van der Waals surface area contributed by atoms with Crippen LogP contribution in [0.2, 0.25) is 0 Å². The number of benzene rings is 1. The molecule has 0 bridgehead atoms. The molecule has 0 fully saturated rings. The summed E-state index contributed by atoms with van der Waals surface area (Å²) in [5, 5.41) is 5.81. The summed E-state index contributed by atoms with van der Waals surface area (Å²) in [6.07, 6.45) is 1.75. The van der Waals surface area contributed by atoms with Gasteiger partial charge in [0.1, 0.15) is 0 Å². The first-order valence-electron chi connectivity index (χ1n) is 4.96. The molecule has 0 saturated carbocycles. The van der Waals surface area contributed by atoms with Crippen molar-refractivity contribution < 1.29 is 0 Å². The highest BCUT2D eigenvalue weighted by Gasteiger charge is 2.04. The average molecular weight is 211 g/mol. The van der Waals surface area contributed by atoms with Gasteiger partial charge in [0.25, 0.3) is 5.56 Å². The second-order valence-electron chi connectivity index (χ2n) is 3.57. The number of fused-ring (bicyclic) bond motifs is 1. The molecule has 3 rings (SSSR count). The maximum absolute atomic E-state index is 11.4. The Hall–Kier alpha value is -2.36. The van der Waals surface area contributed by atoms with Gasteiger partial charge in [-0.2, -0.15) is 0 Å². The van der Waals surface area contributed by atoms with Crippen molar-refractivity contribution in [3.63, 3.8) is 0 Å². The maximum atomic E-state index is 11.4. The predicted octanol–water partition coefficient (Wildman–Crippen LogP) is 1.92. The summed E-state index contributed by atoms with van der Waals surface area (Å²) in [4.78, 5) is 15.6. The molecule has 0 radical (unpaired) electrons. The molecule has 0 unspecified atom stereocenters. The molecule has 2 aromatic heterocycles. The van der Waals surface area contributed by atoms with Crippen LogP contribution in [0.25, 0.3) is 22.2 Å². The van der Waals surface area contributed by atoms with Crippen molar-refractivity contribution in [2.75, 3.05) is 0 Å². The Kier molecular flexibility index (Phi) is 1.86. The number of nitrogens with zero attached hydrogens (tertiary/aromatic N) is 1. The fraction of sp³-hybridized carbons (Fsp3) is 0. The van der Waals surface area contributed by atoms with Gasteiger partial charge >= 0.3 is 0 Å². The highest BCUT2D eigenvalue weighted by molar-refractivity contribution is 5.79. The van der Waals surface area contributed by atoms with Gasteiger partial charge in [-0.15, -0.1) is 0 Å². The predicted molar refractivity (Wildman–Crippen MR) is 62.2 cm³/mol. The SMILES string of the molecule is O=c1[nH][nH]c2ncc(-c3ccccc3)cc12. The zero-order chi connectivity index (χ0) is 11.0. The fourth-order valence-corrected chi connectivity index (χ4v) is 1.71. The number of aromatic nitrogens is 3. The largest absolute Gasteiger partial charge is 0.281 e. The summed E-state index contributed by atoms with van der Waals surface area (Å²) in [5.41, 5.74) is 2.45. The molecular formula is C12H9N3O. The van der Waals surface area contributed by atoms with Crippen molar-refractivity contribution in [3.05, 3.63) is 52.9 Å². The van der Waals surface area contributed by atoms with E-state index >= 15 is 0 Å². The zero-order valence-electron chi connectivity index (χ0n) is 8.40. The van der Waals surface area contributed by atoms with Gasteiger partial charge in [0.2, 0.25) is 0 Å². The first-order valence-corrected chi connectivity index (χ1v) is 4.96. The van der Waals surface area contributed by atoms with E-state index in [9.17, 15) is 4.79 Å². The Morgan fingerprint density at radius 3 is 2.62 bits per heavy atom. The van der Waals surface area contributed by atoms with Crippen molar-refractivity contribution in [2.45, 2.75) is 0 Å². The van der Waals surface area contributed by atoms with Gasteiger partial charge in [-0.25, -0.2) is 4.98 Å². The minimum atomic E-state index is -0.139. The van der Waals surface area contributed by atoms with Crippen LogP contribution in [0.1, 0.15) is 0 Å². The Labute approximate surface area is 90.9 Å². The van der Waals surface area contributed by atoms with Gasteiger partial charge in [0, 0.05) is 11.8 Å². The molecule has 0 spiro atoms. The highest BCUT2D eigenvalue weighted by Crippen LogP contribution is 2.19. The van der Waals surface area contributed by atoms with E-state index in [-0.39, 0.29) is 5.56 Å². The van der Waals surface area contributed by atoms with E-state index < -0.39 is 0 Å². The molecule has 0 aliphatic carbocycles. The van der Waals surface area contributed by atoms with E-state index in [1.165, 1.54) is 0 Å². The number of nitrogens with one attached hydrogen (secondary N) is 2. The Bertz CT molecular complexity index is 682. The van der Waals surface area contributed by atoms with Gasteiger partial charge in [-0.3, -0.25) is 15.0 Å². The third-order valence-corrected chi connectivity index (χ3v) is 2.53. The van der Waals surface area contributed by atoms with Crippen LogP contribution < -0.4 is 5.56 Å². The number of rotatable bonds is 1. The molecule has 0 aliphatic heterocycles. The van der Waals surface area contributed by atoms with Crippen LogP contribution in [0.15, 0.2) is 47.4 Å². The molecule has 0 amide bonds. The molecule has 0 aliphatic rings. The van der Waals surface area contributed by atoms with E-state index in [1.807, 2.05) is 36.4 Å². The van der Waals surface area contributed by atoms with Crippen molar-refractivity contribution in [1.82, 2.24) is 15.2 Å². The van der Waals surface area contributed by atoms with Crippen molar-refractivity contribution in [1.29, 1.82) is 0 Å². The van der Waals surface area contributed by atoms with Gasteiger partial charge in [-0.05, 0) is 11.6 Å². The van der Waals surface area contributed by atoms with Crippen LogP contribution in [0.3, 0.4) is 0 Å². The summed E-state index contributed by atoms with van der Waals surface area (Å²) >= 11 is 0. The number of pyridine rings is 1. The fourth-order valence-electron chi connectivity index (χ4n) is 1.71. The summed E-state index contributed by atoms with van der Waals surface area (Å²) in [7, 11) is 0. The standard InChI is InChI=1S/C12H9N3O/c16-12-10-6-9(7-13-11(10)14-15-12)8-4-2-1-3-5-8/h1-7H,(H2,13,14,15,16). The summed E-state index contributed by atoms with van der Waals surface area (Å²) in [5.74, 6) is 0. The van der Waals surface area contributed by atoms with Crippen LogP contribution in [0.5, 0.6) is 0 Å². The third kappa shape index (κ3) is 1.32. The molecule has 2 heterocycles. The smallest absolute Gasteiger partial charge is 0.273 e. The van der Waals surface area contributed by atoms with Crippen LogP contribution in [-0.4, -0.2) is 15.2 Å². The molecule has 4 nitrogen and oxygen atoms in total. The van der Waals surface area contributed by atoms with Gasteiger partial charge < -0.3 is 0 Å². The average Bonchev–Trinajstić information content (AvgIpc) is 2.72. The lowest BCUT2D eigenvalue weighted by atomic mass is 10.1. The van der Waals surface area contributed by atoms with Crippen molar-refractivity contribution in [2.24, 2.45) is 0 Å². The Morgan fingerprint density at radius 1 is 1.00 bits per heavy atom. The monoisotopic (exact) mass is 211 g/mol. The summed E-state index contributed by atoms with van der Waals surface area (Å²) in [6, 6.07) is 11.7. The van der Waals surface area contributed by atoms with Crippen molar-refractivity contribution in [3.8, 4) is 11.1 Å². The zero-order valence-corrected chi connectivity index (χ0v) is 8.40. The minimum Gasteiger partial charge on any atom is -0.281 e. The summed E-state index contributed by atoms with van der Waals surface area (Å²) < 4.78 is 0. The number of H-pyrrole nitrogens is 2. The normalized spacial score (nSPS) is 10.8. The first-order chi connectivity index (χ1) is 7.84.